The molecule has 4 rings (SSSR count). The van der Waals surface area contributed by atoms with Gasteiger partial charge in [0.25, 0.3) is 0 Å². The summed E-state index contributed by atoms with van der Waals surface area (Å²) in [4.78, 5) is 0. The summed E-state index contributed by atoms with van der Waals surface area (Å²) in [5.74, 6) is -2.56. The van der Waals surface area contributed by atoms with Gasteiger partial charge in [0.05, 0.1) is 19.8 Å². The van der Waals surface area contributed by atoms with Crippen molar-refractivity contribution in [3.8, 4) is 28.0 Å². The third-order valence-corrected chi connectivity index (χ3v) is 5.43. The van der Waals surface area contributed by atoms with E-state index >= 15 is 0 Å². The molecule has 0 aliphatic carbocycles. The molecule has 1 fully saturated rings. The van der Waals surface area contributed by atoms with Crippen molar-refractivity contribution >= 4 is 0 Å². The third-order valence-electron chi connectivity index (χ3n) is 5.43. The van der Waals surface area contributed by atoms with Crippen LogP contribution in [-0.4, -0.2) is 26.1 Å². The van der Waals surface area contributed by atoms with Gasteiger partial charge in [-0.05, 0) is 47.9 Å². The van der Waals surface area contributed by atoms with E-state index < -0.39 is 17.9 Å². The van der Waals surface area contributed by atoms with Gasteiger partial charge in [0.2, 0.25) is 5.82 Å². The molecule has 0 radical (unpaired) electrons. The van der Waals surface area contributed by atoms with E-state index in [0.717, 1.165) is 5.56 Å². The van der Waals surface area contributed by atoms with E-state index in [0.29, 0.717) is 29.9 Å². The molecule has 0 atom stereocenters. The lowest BCUT2D eigenvalue weighted by atomic mass is 9.95. The van der Waals surface area contributed by atoms with E-state index in [4.69, 9.17) is 14.2 Å². The highest BCUT2D eigenvalue weighted by Gasteiger charge is 2.22. The number of hydrogen-bond acceptors (Lipinski definition) is 3. The molecule has 1 aliphatic rings. The van der Waals surface area contributed by atoms with Crippen LogP contribution in [-0.2, 0) is 9.47 Å². The van der Waals surface area contributed by atoms with Crippen molar-refractivity contribution in [3.63, 3.8) is 0 Å². The van der Waals surface area contributed by atoms with Crippen LogP contribution in [0.25, 0.3) is 22.3 Å². The number of hydrogen-bond donors (Lipinski definition) is 0. The molecule has 0 saturated carbocycles. The first kappa shape index (κ1) is 22.1. The molecule has 6 heteroatoms. The second-order valence-electron chi connectivity index (χ2n) is 7.46. The first-order valence-electron chi connectivity index (χ1n) is 10.4. The Kier molecular flexibility index (Phi) is 6.63. The van der Waals surface area contributed by atoms with Gasteiger partial charge in [0, 0.05) is 17.0 Å². The molecule has 32 heavy (non-hydrogen) atoms. The fraction of sp³-hybridized carbons (Fsp3) is 0.231. The normalized spacial score (nSPS) is 18.4. The van der Waals surface area contributed by atoms with Gasteiger partial charge in [-0.15, -0.1) is 0 Å². The smallest absolute Gasteiger partial charge is 0.201 e. The maximum Gasteiger partial charge on any atom is 0.201 e. The summed E-state index contributed by atoms with van der Waals surface area (Å²) in [6.45, 7) is 6.42. The molecule has 3 aromatic carbocycles. The average Bonchev–Trinajstić information content (AvgIpc) is 2.82. The van der Waals surface area contributed by atoms with Crippen LogP contribution in [0, 0.1) is 17.5 Å². The number of ether oxygens (including phenoxy) is 3. The molecule has 0 N–H and O–H groups in total. The zero-order valence-electron chi connectivity index (χ0n) is 17.6. The Balaban J connectivity index is 1.55. The van der Waals surface area contributed by atoms with Crippen molar-refractivity contribution in [2.75, 3.05) is 19.8 Å². The maximum absolute atomic E-state index is 14.9. The molecule has 166 valence electrons. The predicted molar refractivity (Wildman–Crippen MR) is 117 cm³/mol. The lowest BCUT2D eigenvalue weighted by Crippen LogP contribution is -2.29. The van der Waals surface area contributed by atoms with Crippen LogP contribution in [0.2, 0.25) is 0 Å². The van der Waals surface area contributed by atoms with Crippen molar-refractivity contribution in [3.05, 3.63) is 90.3 Å². The van der Waals surface area contributed by atoms with E-state index in [1.54, 1.807) is 43.3 Å². The Bertz CT molecular complexity index is 1100. The Morgan fingerprint density at radius 3 is 2.12 bits per heavy atom. The summed E-state index contributed by atoms with van der Waals surface area (Å²) < 4.78 is 59.7. The van der Waals surface area contributed by atoms with E-state index in [1.807, 2.05) is 6.07 Å². The standard InChI is InChI=1S/C26H23F3O3/c1-3-24-31-14-19(15-32-24)18-9-10-20(22(27)13-18)16-5-7-17(8-6-16)21-11-12-23(30-4-2)26(29)25(21)28/h3,5-13,19,24H,1,4,14-15H2,2H3. The number of rotatable bonds is 6. The summed E-state index contributed by atoms with van der Waals surface area (Å²) in [6, 6.07) is 14.6. The fourth-order valence-corrected chi connectivity index (χ4v) is 3.72. The topological polar surface area (TPSA) is 27.7 Å². The monoisotopic (exact) mass is 440 g/mol. The first-order chi connectivity index (χ1) is 15.5. The SMILES string of the molecule is C=CC1OCC(c2ccc(-c3ccc(-c4ccc(OCC)c(F)c4F)cc3)c(F)c2)CO1. The van der Waals surface area contributed by atoms with Crippen LogP contribution in [0.4, 0.5) is 13.2 Å². The van der Waals surface area contributed by atoms with Crippen molar-refractivity contribution in [2.45, 2.75) is 19.1 Å². The summed E-state index contributed by atoms with van der Waals surface area (Å²) >= 11 is 0. The van der Waals surface area contributed by atoms with E-state index in [1.165, 1.54) is 18.2 Å². The molecule has 1 aliphatic heterocycles. The molecule has 3 nitrogen and oxygen atoms in total. The molecule has 0 amide bonds. The molecular weight excluding hydrogens is 417 g/mol. The van der Waals surface area contributed by atoms with Gasteiger partial charge in [0.1, 0.15) is 5.82 Å². The van der Waals surface area contributed by atoms with Crippen LogP contribution in [0.5, 0.6) is 5.75 Å². The third kappa shape index (κ3) is 4.42. The first-order valence-corrected chi connectivity index (χ1v) is 10.4. The van der Waals surface area contributed by atoms with Crippen LogP contribution >= 0.6 is 0 Å². The van der Waals surface area contributed by atoms with Crippen molar-refractivity contribution in [1.82, 2.24) is 0 Å². The largest absolute Gasteiger partial charge is 0.491 e. The summed E-state index contributed by atoms with van der Waals surface area (Å²) in [7, 11) is 0. The highest BCUT2D eigenvalue weighted by atomic mass is 19.2. The predicted octanol–water partition coefficient (Wildman–Crippen LogP) is 6.48. The molecule has 0 unspecified atom stereocenters. The molecule has 0 bridgehead atoms. The summed E-state index contributed by atoms with van der Waals surface area (Å²) in [5.41, 5.74) is 2.44. The van der Waals surface area contributed by atoms with Crippen LogP contribution < -0.4 is 4.74 Å². The minimum Gasteiger partial charge on any atom is -0.491 e. The van der Waals surface area contributed by atoms with Gasteiger partial charge in [-0.1, -0.05) is 43.0 Å². The maximum atomic E-state index is 14.9. The average molecular weight is 440 g/mol. The van der Waals surface area contributed by atoms with E-state index in [2.05, 4.69) is 6.58 Å². The van der Waals surface area contributed by atoms with E-state index in [9.17, 15) is 13.2 Å². The van der Waals surface area contributed by atoms with Crippen LogP contribution in [0.15, 0.2) is 67.3 Å². The zero-order valence-corrected chi connectivity index (χ0v) is 17.6. The molecule has 0 aromatic heterocycles. The molecule has 3 aromatic rings. The van der Waals surface area contributed by atoms with Gasteiger partial charge in [0.15, 0.2) is 17.9 Å². The minimum atomic E-state index is -1.02. The highest BCUT2D eigenvalue weighted by molar-refractivity contribution is 5.71. The summed E-state index contributed by atoms with van der Waals surface area (Å²) in [6.07, 6.45) is 1.15. The van der Waals surface area contributed by atoms with Gasteiger partial charge < -0.3 is 14.2 Å². The fourth-order valence-electron chi connectivity index (χ4n) is 3.72. The molecule has 1 saturated heterocycles. The van der Waals surface area contributed by atoms with Gasteiger partial charge in [-0.2, -0.15) is 4.39 Å². The van der Waals surface area contributed by atoms with Gasteiger partial charge in [-0.3, -0.25) is 0 Å². The Hall–Kier alpha value is -3.09. The lowest BCUT2D eigenvalue weighted by molar-refractivity contribution is -0.159. The number of halogens is 3. The minimum absolute atomic E-state index is 0.0605. The van der Waals surface area contributed by atoms with Gasteiger partial charge in [-0.25, -0.2) is 8.78 Å². The van der Waals surface area contributed by atoms with E-state index in [-0.39, 0.29) is 29.7 Å². The lowest BCUT2D eigenvalue weighted by Gasteiger charge is -2.28. The Morgan fingerprint density at radius 1 is 0.906 bits per heavy atom. The Labute approximate surface area is 185 Å². The van der Waals surface area contributed by atoms with Crippen LogP contribution in [0.3, 0.4) is 0 Å². The quantitative estimate of drug-likeness (QED) is 0.411. The number of benzene rings is 3. The second kappa shape index (κ2) is 9.59. The zero-order chi connectivity index (χ0) is 22.7. The second-order valence-corrected chi connectivity index (χ2v) is 7.46. The molecular formula is C26H23F3O3. The van der Waals surface area contributed by atoms with Crippen molar-refractivity contribution in [1.29, 1.82) is 0 Å². The van der Waals surface area contributed by atoms with Crippen molar-refractivity contribution < 1.29 is 27.4 Å². The summed E-state index contributed by atoms with van der Waals surface area (Å²) in [5, 5.41) is 0. The van der Waals surface area contributed by atoms with Crippen LogP contribution in [0.1, 0.15) is 18.4 Å². The van der Waals surface area contributed by atoms with Gasteiger partial charge >= 0.3 is 0 Å². The molecule has 0 spiro atoms. The van der Waals surface area contributed by atoms with Crippen molar-refractivity contribution in [2.24, 2.45) is 0 Å². The molecule has 1 heterocycles. The Morgan fingerprint density at radius 2 is 1.53 bits per heavy atom. The highest BCUT2D eigenvalue weighted by Crippen LogP contribution is 2.33.